The first-order valence-corrected chi connectivity index (χ1v) is 8.99. The van der Waals surface area contributed by atoms with Gasteiger partial charge >= 0.3 is 0 Å². The van der Waals surface area contributed by atoms with E-state index in [-0.39, 0.29) is 11.8 Å². The predicted molar refractivity (Wildman–Crippen MR) is 99.3 cm³/mol. The Balaban J connectivity index is 1.48. The molecule has 0 spiro atoms. The second-order valence-electron chi connectivity index (χ2n) is 6.69. The third-order valence-corrected chi connectivity index (χ3v) is 4.97. The number of likely N-dealkylation sites (tertiary alicyclic amines) is 1. The van der Waals surface area contributed by atoms with Crippen LogP contribution >= 0.6 is 0 Å². The fourth-order valence-corrected chi connectivity index (χ4v) is 3.59. The van der Waals surface area contributed by atoms with Crippen molar-refractivity contribution in [2.45, 2.75) is 25.2 Å². The molecule has 3 aromatic rings. The van der Waals surface area contributed by atoms with Crippen LogP contribution in [0.2, 0.25) is 0 Å². The number of hydrogen-bond donors (Lipinski definition) is 0. The Bertz CT molecular complexity index is 885. The molecule has 1 saturated heterocycles. The predicted octanol–water partition coefficient (Wildman–Crippen LogP) is 3.79. The average Bonchev–Trinajstić information content (AvgIpc) is 3.13. The highest BCUT2D eigenvalue weighted by Crippen LogP contribution is 2.29. The van der Waals surface area contributed by atoms with Gasteiger partial charge in [0.05, 0.1) is 19.4 Å². The van der Waals surface area contributed by atoms with Crippen molar-refractivity contribution in [3.8, 4) is 5.75 Å². The Hall–Kier alpha value is -2.82. The minimum absolute atomic E-state index is 0.121. The van der Waals surface area contributed by atoms with Gasteiger partial charge in [0.15, 0.2) is 11.5 Å². The molecule has 0 saturated carbocycles. The lowest BCUT2D eigenvalue weighted by Crippen LogP contribution is -2.40. The molecule has 1 aliphatic heterocycles. The monoisotopic (exact) mass is 350 g/mol. The highest BCUT2D eigenvalue weighted by Gasteiger charge is 2.28. The molecule has 1 amide bonds. The summed E-state index contributed by atoms with van der Waals surface area (Å²) in [7, 11) is 1.63. The third kappa shape index (κ3) is 3.29. The van der Waals surface area contributed by atoms with Gasteiger partial charge < -0.3 is 14.1 Å². The van der Waals surface area contributed by atoms with Crippen LogP contribution in [-0.2, 0) is 11.2 Å². The van der Waals surface area contributed by atoms with Gasteiger partial charge in [0.25, 0.3) is 0 Å². The summed E-state index contributed by atoms with van der Waals surface area (Å²) in [6, 6.07) is 15.5. The lowest BCUT2D eigenvalue weighted by atomic mass is 9.97. The summed E-state index contributed by atoms with van der Waals surface area (Å²) in [5.74, 6) is 1.77. The van der Waals surface area contributed by atoms with Crippen LogP contribution in [-0.4, -0.2) is 36.0 Å². The summed E-state index contributed by atoms with van der Waals surface area (Å²) in [6.45, 7) is 1.44. The topological polar surface area (TPSA) is 55.6 Å². The molecule has 4 rings (SSSR count). The summed E-state index contributed by atoms with van der Waals surface area (Å²) in [5, 5.41) is 0. The van der Waals surface area contributed by atoms with Crippen LogP contribution in [0.5, 0.6) is 5.75 Å². The SMILES string of the molecule is COc1ccccc1CC(=O)N1CCCC(c2nc3ccccc3o2)C1. The van der Waals surface area contributed by atoms with E-state index in [9.17, 15) is 4.79 Å². The van der Waals surface area contributed by atoms with Gasteiger partial charge in [0.1, 0.15) is 11.3 Å². The number of rotatable bonds is 4. The Labute approximate surface area is 152 Å². The lowest BCUT2D eigenvalue weighted by molar-refractivity contribution is -0.131. The summed E-state index contributed by atoms with van der Waals surface area (Å²) < 4.78 is 11.3. The first-order valence-electron chi connectivity index (χ1n) is 8.99. The van der Waals surface area contributed by atoms with E-state index in [4.69, 9.17) is 9.15 Å². The van der Waals surface area contributed by atoms with Crippen LogP contribution < -0.4 is 4.74 Å². The number of aromatic nitrogens is 1. The van der Waals surface area contributed by atoms with Crippen LogP contribution in [0.3, 0.4) is 0 Å². The fourth-order valence-electron chi connectivity index (χ4n) is 3.59. The van der Waals surface area contributed by atoms with E-state index in [0.717, 1.165) is 47.7 Å². The molecule has 134 valence electrons. The number of para-hydroxylation sites is 3. The van der Waals surface area contributed by atoms with E-state index in [1.807, 2.05) is 53.4 Å². The van der Waals surface area contributed by atoms with Gasteiger partial charge in [-0.05, 0) is 31.0 Å². The molecule has 0 N–H and O–H groups in total. The minimum Gasteiger partial charge on any atom is -0.496 e. The Morgan fingerprint density at radius 3 is 2.88 bits per heavy atom. The van der Waals surface area contributed by atoms with Crippen molar-refractivity contribution in [3.63, 3.8) is 0 Å². The number of amides is 1. The van der Waals surface area contributed by atoms with Crippen LogP contribution in [0.15, 0.2) is 52.9 Å². The highest BCUT2D eigenvalue weighted by atomic mass is 16.5. The number of piperidine rings is 1. The maximum absolute atomic E-state index is 12.8. The molecule has 0 aliphatic carbocycles. The molecule has 0 bridgehead atoms. The largest absolute Gasteiger partial charge is 0.496 e. The van der Waals surface area contributed by atoms with Crippen molar-refractivity contribution in [2.75, 3.05) is 20.2 Å². The lowest BCUT2D eigenvalue weighted by Gasteiger charge is -2.31. The third-order valence-electron chi connectivity index (χ3n) is 4.97. The van der Waals surface area contributed by atoms with Crippen LogP contribution in [0.4, 0.5) is 0 Å². The van der Waals surface area contributed by atoms with Gasteiger partial charge in [-0.25, -0.2) is 4.98 Å². The van der Waals surface area contributed by atoms with Gasteiger partial charge in [0, 0.05) is 18.7 Å². The summed E-state index contributed by atoms with van der Waals surface area (Å²) in [4.78, 5) is 19.3. The minimum atomic E-state index is 0.121. The molecule has 1 aromatic heterocycles. The molecule has 1 unspecified atom stereocenters. The van der Waals surface area contributed by atoms with Gasteiger partial charge in [-0.2, -0.15) is 0 Å². The zero-order valence-corrected chi connectivity index (χ0v) is 14.9. The Kier molecular flexibility index (Phi) is 4.61. The van der Waals surface area contributed by atoms with Crippen LogP contribution in [0.1, 0.15) is 30.2 Å². The molecule has 1 aliphatic rings. The second kappa shape index (κ2) is 7.20. The number of ether oxygens (including phenoxy) is 1. The molecule has 1 atom stereocenters. The highest BCUT2D eigenvalue weighted by molar-refractivity contribution is 5.79. The number of benzene rings is 2. The maximum atomic E-state index is 12.8. The molecule has 1 fully saturated rings. The Morgan fingerprint density at radius 1 is 1.23 bits per heavy atom. The number of fused-ring (bicyclic) bond motifs is 1. The first-order chi connectivity index (χ1) is 12.7. The zero-order chi connectivity index (χ0) is 17.9. The standard InChI is InChI=1S/C21H22N2O3/c1-25-18-10-4-2-7-15(18)13-20(24)23-12-6-8-16(14-23)21-22-17-9-3-5-11-19(17)26-21/h2-5,7,9-11,16H,6,8,12-14H2,1H3. The molecular weight excluding hydrogens is 328 g/mol. The average molecular weight is 350 g/mol. The van der Waals surface area contributed by atoms with E-state index in [2.05, 4.69) is 4.98 Å². The van der Waals surface area contributed by atoms with Crippen LogP contribution in [0, 0.1) is 0 Å². The van der Waals surface area contributed by atoms with E-state index < -0.39 is 0 Å². The van der Waals surface area contributed by atoms with Crippen molar-refractivity contribution >= 4 is 17.0 Å². The summed E-state index contributed by atoms with van der Waals surface area (Å²) in [6.07, 6.45) is 2.30. The maximum Gasteiger partial charge on any atom is 0.227 e. The van der Waals surface area contributed by atoms with Crippen molar-refractivity contribution in [3.05, 3.63) is 60.0 Å². The van der Waals surface area contributed by atoms with E-state index >= 15 is 0 Å². The number of oxazole rings is 1. The van der Waals surface area contributed by atoms with Gasteiger partial charge in [-0.15, -0.1) is 0 Å². The number of carbonyl (C=O) groups is 1. The van der Waals surface area contributed by atoms with Crippen molar-refractivity contribution in [1.82, 2.24) is 9.88 Å². The number of carbonyl (C=O) groups excluding carboxylic acids is 1. The summed E-state index contributed by atoms with van der Waals surface area (Å²) >= 11 is 0. The number of nitrogens with zero attached hydrogens (tertiary/aromatic N) is 2. The zero-order valence-electron chi connectivity index (χ0n) is 14.9. The molecule has 5 heteroatoms. The molecule has 0 radical (unpaired) electrons. The molecule has 2 heterocycles. The van der Waals surface area contributed by atoms with Gasteiger partial charge in [-0.3, -0.25) is 4.79 Å². The van der Waals surface area contributed by atoms with Crippen molar-refractivity contribution in [1.29, 1.82) is 0 Å². The van der Waals surface area contributed by atoms with E-state index in [1.54, 1.807) is 7.11 Å². The second-order valence-corrected chi connectivity index (χ2v) is 6.69. The molecule has 26 heavy (non-hydrogen) atoms. The summed E-state index contributed by atoms with van der Waals surface area (Å²) in [5.41, 5.74) is 2.60. The quantitative estimate of drug-likeness (QED) is 0.718. The Morgan fingerprint density at radius 2 is 2.04 bits per heavy atom. The van der Waals surface area contributed by atoms with Crippen molar-refractivity contribution < 1.29 is 13.9 Å². The van der Waals surface area contributed by atoms with E-state index in [1.165, 1.54) is 0 Å². The van der Waals surface area contributed by atoms with Crippen LogP contribution in [0.25, 0.3) is 11.1 Å². The number of hydrogen-bond acceptors (Lipinski definition) is 4. The molecular formula is C21H22N2O3. The van der Waals surface area contributed by atoms with Crippen molar-refractivity contribution in [2.24, 2.45) is 0 Å². The van der Waals surface area contributed by atoms with Gasteiger partial charge in [-0.1, -0.05) is 30.3 Å². The fraction of sp³-hybridized carbons (Fsp3) is 0.333. The normalized spacial score (nSPS) is 17.4. The van der Waals surface area contributed by atoms with Gasteiger partial charge in [0.2, 0.25) is 5.91 Å². The number of methoxy groups -OCH3 is 1. The van der Waals surface area contributed by atoms with E-state index in [0.29, 0.717) is 13.0 Å². The molecule has 2 aromatic carbocycles. The smallest absolute Gasteiger partial charge is 0.227 e. The first kappa shape index (κ1) is 16.6. The molecule has 5 nitrogen and oxygen atoms in total.